The van der Waals surface area contributed by atoms with Crippen LogP contribution in [0.3, 0.4) is 0 Å². The Labute approximate surface area is 135 Å². The molecule has 5 heteroatoms. The van der Waals surface area contributed by atoms with Crippen LogP contribution in [-0.2, 0) is 17.9 Å². The van der Waals surface area contributed by atoms with E-state index in [4.69, 9.17) is 0 Å². The first-order chi connectivity index (χ1) is 10.9. The maximum atomic E-state index is 13.3. The second-order valence-corrected chi connectivity index (χ2v) is 8.54. The smallest absolute Gasteiger partial charge is 0.229 e. The first-order valence-electron chi connectivity index (χ1n) is 8.55. The molecule has 1 aromatic heterocycles. The molecule has 5 nitrogen and oxygen atoms in total. The summed E-state index contributed by atoms with van der Waals surface area (Å²) in [5.74, 6) is 0.395. The molecule has 122 valence electrons. The number of carbonyl (C=O) groups is 1. The Morgan fingerprint density at radius 1 is 1.09 bits per heavy atom. The fourth-order valence-electron chi connectivity index (χ4n) is 6.27. The molecule has 4 aliphatic carbocycles. The van der Waals surface area contributed by atoms with Gasteiger partial charge in [0.1, 0.15) is 0 Å². The molecule has 1 amide bonds. The standard InChI is InChI=1S/C18H22N2O3/c21-15(20-7-13-1-2-19-6-14(13)8-20)16-3-12-4-17(22,9-16)11-18(23,5-12)10-16/h1-2,6,12,22-23H,3-5,7-11H2. The Bertz CT molecular complexity index is 660. The molecule has 2 unspecified atom stereocenters. The molecule has 5 aliphatic rings. The lowest BCUT2D eigenvalue weighted by Crippen LogP contribution is -2.66. The molecule has 6 rings (SSSR count). The molecule has 2 heterocycles. The van der Waals surface area contributed by atoms with E-state index in [-0.39, 0.29) is 11.8 Å². The molecule has 1 aliphatic heterocycles. The number of nitrogens with zero attached hydrogens (tertiary/aromatic N) is 2. The molecule has 0 aromatic carbocycles. The van der Waals surface area contributed by atoms with Gasteiger partial charge in [0.15, 0.2) is 0 Å². The minimum absolute atomic E-state index is 0.120. The normalized spacial score (nSPS) is 43.7. The van der Waals surface area contributed by atoms with E-state index < -0.39 is 16.6 Å². The van der Waals surface area contributed by atoms with Crippen LogP contribution in [0.2, 0.25) is 0 Å². The minimum atomic E-state index is -0.849. The van der Waals surface area contributed by atoms with Crippen molar-refractivity contribution in [3.63, 3.8) is 0 Å². The Kier molecular flexibility index (Phi) is 2.51. The van der Waals surface area contributed by atoms with E-state index in [1.54, 1.807) is 6.20 Å². The Balaban J connectivity index is 1.47. The third kappa shape index (κ3) is 1.93. The average Bonchev–Trinajstić information content (AvgIpc) is 2.86. The summed E-state index contributed by atoms with van der Waals surface area (Å²) < 4.78 is 0. The van der Waals surface area contributed by atoms with E-state index in [2.05, 4.69) is 4.98 Å². The van der Waals surface area contributed by atoms with Crippen LogP contribution in [0.1, 0.15) is 49.7 Å². The van der Waals surface area contributed by atoms with Gasteiger partial charge < -0.3 is 15.1 Å². The SMILES string of the molecule is O=C(N1Cc2ccncc2C1)C12CC3CC(O)(CC(O)(C3)C1)C2. The molecule has 0 radical (unpaired) electrons. The largest absolute Gasteiger partial charge is 0.390 e. The molecule has 0 spiro atoms. The quantitative estimate of drug-likeness (QED) is 0.821. The lowest BCUT2D eigenvalue weighted by Gasteiger charge is -2.62. The van der Waals surface area contributed by atoms with E-state index >= 15 is 0 Å². The number of carbonyl (C=O) groups excluding carboxylic acids is 1. The highest BCUT2D eigenvalue weighted by molar-refractivity contribution is 5.84. The van der Waals surface area contributed by atoms with Crippen molar-refractivity contribution in [1.29, 1.82) is 0 Å². The molecule has 4 saturated carbocycles. The molecular formula is C18H22N2O3. The lowest BCUT2D eigenvalue weighted by molar-refractivity contribution is -0.232. The van der Waals surface area contributed by atoms with Gasteiger partial charge >= 0.3 is 0 Å². The average molecular weight is 314 g/mol. The van der Waals surface area contributed by atoms with Gasteiger partial charge in [-0.25, -0.2) is 0 Å². The third-order valence-electron chi connectivity index (χ3n) is 6.48. The van der Waals surface area contributed by atoms with Gasteiger partial charge in [0.2, 0.25) is 5.91 Å². The molecule has 2 atom stereocenters. The number of hydrogen-bond donors (Lipinski definition) is 2. The number of pyridine rings is 1. The van der Waals surface area contributed by atoms with Crippen LogP contribution in [0, 0.1) is 11.3 Å². The minimum Gasteiger partial charge on any atom is -0.390 e. The van der Waals surface area contributed by atoms with Crippen molar-refractivity contribution in [2.45, 2.75) is 62.8 Å². The van der Waals surface area contributed by atoms with Gasteiger partial charge in [-0.1, -0.05) is 0 Å². The zero-order valence-electron chi connectivity index (χ0n) is 13.2. The molecule has 4 fully saturated rings. The second-order valence-electron chi connectivity index (χ2n) is 8.54. The molecular weight excluding hydrogens is 292 g/mol. The number of aliphatic hydroxyl groups is 2. The zero-order valence-corrected chi connectivity index (χ0v) is 13.2. The van der Waals surface area contributed by atoms with Crippen LogP contribution < -0.4 is 0 Å². The fraction of sp³-hybridized carbons (Fsp3) is 0.667. The van der Waals surface area contributed by atoms with Gasteiger partial charge in [-0.15, -0.1) is 0 Å². The maximum Gasteiger partial charge on any atom is 0.229 e. The third-order valence-corrected chi connectivity index (χ3v) is 6.48. The summed E-state index contributed by atoms with van der Waals surface area (Å²) in [6, 6.07) is 1.98. The van der Waals surface area contributed by atoms with Crippen molar-refractivity contribution in [3.05, 3.63) is 29.6 Å². The van der Waals surface area contributed by atoms with Crippen molar-refractivity contribution in [3.8, 4) is 0 Å². The van der Waals surface area contributed by atoms with Crippen LogP contribution in [-0.4, -0.2) is 37.2 Å². The van der Waals surface area contributed by atoms with Crippen molar-refractivity contribution >= 4 is 5.91 Å². The number of hydrogen-bond acceptors (Lipinski definition) is 4. The number of amides is 1. The summed E-state index contributed by atoms with van der Waals surface area (Å²) in [6.07, 6.45) is 7.39. The summed E-state index contributed by atoms with van der Waals surface area (Å²) >= 11 is 0. The zero-order chi connectivity index (χ0) is 15.9. The highest BCUT2D eigenvalue weighted by Crippen LogP contribution is 2.63. The molecule has 0 saturated heterocycles. The summed E-state index contributed by atoms with van der Waals surface area (Å²) in [5, 5.41) is 21.7. The Morgan fingerprint density at radius 2 is 1.78 bits per heavy atom. The van der Waals surface area contributed by atoms with Crippen LogP contribution in [0.25, 0.3) is 0 Å². The Hall–Kier alpha value is -1.46. The van der Waals surface area contributed by atoms with Crippen LogP contribution in [0.15, 0.2) is 18.5 Å². The van der Waals surface area contributed by atoms with Crippen LogP contribution in [0.5, 0.6) is 0 Å². The number of rotatable bonds is 1. The highest BCUT2D eigenvalue weighted by Gasteiger charge is 2.65. The van der Waals surface area contributed by atoms with E-state index in [0.717, 1.165) is 30.4 Å². The molecule has 1 aromatic rings. The second kappa shape index (κ2) is 4.14. The highest BCUT2D eigenvalue weighted by atomic mass is 16.3. The van der Waals surface area contributed by atoms with Gasteiger partial charge in [-0.3, -0.25) is 9.78 Å². The van der Waals surface area contributed by atoms with E-state index in [1.165, 1.54) is 0 Å². The van der Waals surface area contributed by atoms with E-state index in [0.29, 0.717) is 32.4 Å². The van der Waals surface area contributed by atoms with Gasteiger partial charge in [-0.05, 0) is 55.2 Å². The predicted molar refractivity (Wildman–Crippen MR) is 82.0 cm³/mol. The first kappa shape index (κ1) is 13.9. The molecule has 2 N–H and O–H groups in total. The van der Waals surface area contributed by atoms with Crippen molar-refractivity contribution in [2.24, 2.45) is 11.3 Å². The van der Waals surface area contributed by atoms with E-state index in [9.17, 15) is 15.0 Å². The number of aromatic nitrogens is 1. The predicted octanol–water partition coefficient (Wildman–Crippen LogP) is 1.37. The van der Waals surface area contributed by atoms with E-state index in [1.807, 2.05) is 17.2 Å². The van der Waals surface area contributed by atoms with Crippen molar-refractivity contribution in [2.75, 3.05) is 0 Å². The fourth-order valence-corrected chi connectivity index (χ4v) is 6.27. The van der Waals surface area contributed by atoms with Crippen molar-refractivity contribution in [1.82, 2.24) is 9.88 Å². The summed E-state index contributed by atoms with van der Waals surface area (Å²) in [7, 11) is 0. The van der Waals surface area contributed by atoms with Crippen molar-refractivity contribution < 1.29 is 15.0 Å². The van der Waals surface area contributed by atoms with Crippen LogP contribution >= 0.6 is 0 Å². The van der Waals surface area contributed by atoms with Gasteiger partial charge in [0, 0.05) is 31.9 Å². The topological polar surface area (TPSA) is 73.7 Å². The number of fused-ring (bicyclic) bond motifs is 1. The maximum absolute atomic E-state index is 13.3. The Morgan fingerprint density at radius 3 is 2.43 bits per heavy atom. The van der Waals surface area contributed by atoms with Gasteiger partial charge in [0.05, 0.1) is 16.6 Å². The van der Waals surface area contributed by atoms with Crippen LogP contribution in [0.4, 0.5) is 0 Å². The summed E-state index contributed by atoms with van der Waals surface area (Å²) in [6.45, 7) is 1.23. The lowest BCUT2D eigenvalue weighted by atomic mass is 9.46. The first-order valence-corrected chi connectivity index (χ1v) is 8.55. The molecule has 23 heavy (non-hydrogen) atoms. The monoisotopic (exact) mass is 314 g/mol. The molecule has 4 bridgehead atoms. The summed E-state index contributed by atoms with van der Waals surface area (Å²) in [5.41, 5.74) is 0.00685. The summed E-state index contributed by atoms with van der Waals surface area (Å²) in [4.78, 5) is 19.4. The van der Waals surface area contributed by atoms with Gasteiger partial charge in [-0.2, -0.15) is 0 Å². The van der Waals surface area contributed by atoms with Gasteiger partial charge in [0.25, 0.3) is 0 Å².